The molecule has 0 aliphatic rings. The van der Waals surface area contributed by atoms with Gasteiger partial charge in [-0.3, -0.25) is 10.1 Å². The average molecular weight is 357 g/mol. The van der Waals surface area contributed by atoms with Crippen LogP contribution in [0.15, 0.2) is 34.1 Å². The van der Waals surface area contributed by atoms with Gasteiger partial charge in [-0.15, -0.1) is 11.3 Å². The van der Waals surface area contributed by atoms with Crippen LogP contribution >= 0.6 is 27.3 Å². The number of hydrogen-bond donors (Lipinski definition) is 1. The fourth-order valence-corrected chi connectivity index (χ4v) is 3.12. The number of nitrogens with zero attached hydrogens (tertiary/aromatic N) is 1. The van der Waals surface area contributed by atoms with E-state index in [1.54, 1.807) is 24.5 Å². The fourth-order valence-electron chi connectivity index (χ4n) is 1.73. The largest absolute Gasteiger partial charge is 0.488 e. The first-order chi connectivity index (χ1) is 9.60. The quantitative estimate of drug-likeness (QED) is 0.632. The lowest BCUT2D eigenvalue weighted by Crippen LogP contribution is -2.08. The van der Waals surface area contributed by atoms with Crippen molar-refractivity contribution in [2.45, 2.75) is 13.2 Å². The number of nitro benzene ring substituents is 1. The summed E-state index contributed by atoms with van der Waals surface area (Å²) in [5, 5.41) is 13.8. The Kier molecular flexibility index (Phi) is 5.11. The lowest BCUT2D eigenvalue weighted by Gasteiger charge is -2.10. The summed E-state index contributed by atoms with van der Waals surface area (Å²) in [5.41, 5.74) is 0.846. The predicted molar refractivity (Wildman–Crippen MR) is 82.2 cm³/mol. The van der Waals surface area contributed by atoms with Crippen LogP contribution in [0.2, 0.25) is 0 Å². The molecule has 106 valence electrons. The molecule has 2 rings (SSSR count). The van der Waals surface area contributed by atoms with Crippen molar-refractivity contribution in [3.8, 4) is 5.75 Å². The highest BCUT2D eigenvalue weighted by Crippen LogP contribution is 2.27. The van der Waals surface area contributed by atoms with Gasteiger partial charge in [0.15, 0.2) is 0 Å². The Hall–Kier alpha value is -1.44. The first-order valence-electron chi connectivity index (χ1n) is 5.89. The first-order valence-corrected chi connectivity index (χ1v) is 7.50. The van der Waals surface area contributed by atoms with E-state index in [1.165, 1.54) is 12.1 Å². The van der Waals surface area contributed by atoms with Crippen LogP contribution in [0.1, 0.15) is 10.4 Å². The first kappa shape index (κ1) is 15.0. The smallest absolute Gasteiger partial charge is 0.270 e. The monoisotopic (exact) mass is 356 g/mol. The number of nitro groups is 1. The van der Waals surface area contributed by atoms with E-state index < -0.39 is 4.92 Å². The van der Waals surface area contributed by atoms with Crippen molar-refractivity contribution in [3.63, 3.8) is 0 Å². The molecule has 0 spiro atoms. The molecular formula is C13H13BrN2O3S. The van der Waals surface area contributed by atoms with E-state index in [4.69, 9.17) is 4.74 Å². The third-order valence-corrected chi connectivity index (χ3v) is 4.22. The molecule has 0 aliphatic heterocycles. The van der Waals surface area contributed by atoms with Crippen molar-refractivity contribution in [2.75, 3.05) is 7.05 Å². The summed E-state index contributed by atoms with van der Waals surface area (Å²) in [5.74, 6) is 0.662. The van der Waals surface area contributed by atoms with Gasteiger partial charge in [0, 0.05) is 29.1 Å². The van der Waals surface area contributed by atoms with Crippen LogP contribution in [0.5, 0.6) is 5.75 Å². The highest BCUT2D eigenvalue weighted by atomic mass is 79.9. The SMILES string of the molecule is CNCc1cc([N+](=O)[O-])ccc1OCc1ccc(Br)s1. The molecule has 0 saturated carbocycles. The van der Waals surface area contributed by atoms with Crippen LogP contribution < -0.4 is 10.1 Å². The van der Waals surface area contributed by atoms with Crippen molar-refractivity contribution < 1.29 is 9.66 Å². The van der Waals surface area contributed by atoms with Crippen LogP contribution in [0, 0.1) is 10.1 Å². The van der Waals surface area contributed by atoms with E-state index >= 15 is 0 Å². The second-order valence-corrected chi connectivity index (χ2v) is 6.62. The van der Waals surface area contributed by atoms with Gasteiger partial charge in [0.05, 0.1) is 8.71 Å². The van der Waals surface area contributed by atoms with Gasteiger partial charge in [0.25, 0.3) is 5.69 Å². The number of nitrogens with one attached hydrogen (secondary N) is 1. The van der Waals surface area contributed by atoms with Crippen molar-refractivity contribution in [1.82, 2.24) is 5.32 Å². The van der Waals surface area contributed by atoms with Gasteiger partial charge in [-0.2, -0.15) is 0 Å². The molecule has 2 aromatic rings. The zero-order valence-electron chi connectivity index (χ0n) is 10.8. The van der Waals surface area contributed by atoms with Gasteiger partial charge < -0.3 is 10.1 Å². The molecule has 1 aromatic carbocycles. The van der Waals surface area contributed by atoms with E-state index in [2.05, 4.69) is 21.2 Å². The standard InChI is InChI=1S/C13H13BrN2O3S/c1-15-7-9-6-10(16(17)18)2-4-12(9)19-8-11-3-5-13(14)20-11/h2-6,15H,7-8H2,1H3. The van der Waals surface area contributed by atoms with Crippen LogP contribution in [0.4, 0.5) is 5.69 Å². The molecule has 0 aliphatic carbocycles. The highest BCUT2D eigenvalue weighted by molar-refractivity contribution is 9.11. The van der Waals surface area contributed by atoms with Gasteiger partial charge >= 0.3 is 0 Å². The molecule has 1 heterocycles. The zero-order valence-corrected chi connectivity index (χ0v) is 13.2. The number of thiophene rings is 1. The van der Waals surface area contributed by atoms with E-state index in [0.717, 1.165) is 14.2 Å². The summed E-state index contributed by atoms with van der Waals surface area (Å²) >= 11 is 5.00. The molecule has 20 heavy (non-hydrogen) atoms. The normalized spacial score (nSPS) is 10.5. The molecule has 0 bridgehead atoms. The van der Waals surface area contributed by atoms with Gasteiger partial charge in [0.1, 0.15) is 12.4 Å². The van der Waals surface area contributed by atoms with E-state index in [0.29, 0.717) is 18.9 Å². The molecule has 0 amide bonds. The Morgan fingerprint density at radius 1 is 1.40 bits per heavy atom. The van der Waals surface area contributed by atoms with E-state index in [1.807, 2.05) is 12.1 Å². The molecule has 1 aromatic heterocycles. The summed E-state index contributed by atoms with van der Waals surface area (Å²) in [4.78, 5) is 11.5. The van der Waals surface area contributed by atoms with Gasteiger partial charge in [0.2, 0.25) is 0 Å². The molecule has 7 heteroatoms. The van der Waals surface area contributed by atoms with Gasteiger partial charge in [-0.05, 0) is 41.2 Å². The molecule has 0 unspecified atom stereocenters. The van der Waals surface area contributed by atoms with Crippen LogP contribution in [-0.4, -0.2) is 12.0 Å². The molecule has 0 radical (unpaired) electrons. The maximum Gasteiger partial charge on any atom is 0.270 e. The van der Waals surface area contributed by atoms with Crippen molar-refractivity contribution in [1.29, 1.82) is 0 Å². The Bertz CT molecular complexity index is 615. The van der Waals surface area contributed by atoms with Gasteiger partial charge in [-0.1, -0.05) is 0 Å². The van der Waals surface area contributed by atoms with Crippen molar-refractivity contribution in [2.24, 2.45) is 0 Å². The second-order valence-electron chi connectivity index (χ2n) is 4.07. The van der Waals surface area contributed by atoms with E-state index in [9.17, 15) is 10.1 Å². The summed E-state index contributed by atoms with van der Waals surface area (Å²) in [6.07, 6.45) is 0. The van der Waals surface area contributed by atoms with Gasteiger partial charge in [-0.25, -0.2) is 0 Å². The van der Waals surface area contributed by atoms with Crippen molar-refractivity contribution >= 4 is 33.0 Å². The topological polar surface area (TPSA) is 64.4 Å². The zero-order chi connectivity index (χ0) is 14.5. The van der Waals surface area contributed by atoms with E-state index in [-0.39, 0.29) is 5.69 Å². The maximum absolute atomic E-state index is 10.8. The fraction of sp³-hybridized carbons (Fsp3) is 0.231. The van der Waals surface area contributed by atoms with Crippen LogP contribution in [-0.2, 0) is 13.2 Å². The van der Waals surface area contributed by atoms with Crippen LogP contribution in [0.3, 0.4) is 0 Å². The molecular weight excluding hydrogens is 344 g/mol. The minimum atomic E-state index is -0.403. The Morgan fingerprint density at radius 3 is 2.80 bits per heavy atom. The maximum atomic E-state index is 10.8. The van der Waals surface area contributed by atoms with Crippen LogP contribution in [0.25, 0.3) is 0 Å². The Balaban J connectivity index is 2.15. The number of halogens is 1. The molecule has 0 fully saturated rings. The average Bonchev–Trinajstić information content (AvgIpc) is 2.83. The highest BCUT2D eigenvalue weighted by Gasteiger charge is 2.11. The molecule has 5 nitrogen and oxygen atoms in total. The third-order valence-electron chi connectivity index (χ3n) is 2.62. The number of non-ortho nitro benzene ring substituents is 1. The summed E-state index contributed by atoms with van der Waals surface area (Å²) in [7, 11) is 1.79. The molecule has 1 N–H and O–H groups in total. The number of ether oxygens (including phenoxy) is 1. The third kappa shape index (κ3) is 3.78. The second kappa shape index (κ2) is 6.83. The lowest BCUT2D eigenvalue weighted by molar-refractivity contribution is -0.384. The minimum absolute atomic E-state index is 0.0708. The lowest BCUT2D eigenvalue weighted by atomic mass is 10.1. The predicted octanol–water partition coefficient (Wildman–Crippen LogP) is 3.72. The number of rotatable bonds is 6. The number of hydrogen-bond acceptors (Lipinski definition) is 5. The Labute approximate surface area is 128 Å². The molecule has 0 saturated heterocycles. The summed E-state index contributed by atoms with van der Waals surface area (Å²) in [6.45, 7) is 0.968. The molecule has 0 atom stereocenters. The summed E-state index contributed by atoms with van der Waals surface area (Å²) < 4.78 is 6.80. The minimum Gasteiger partial charge on any atom is -0.488 e. The Morgan fingerprint density at radius 2 is 2.20 bits per heavy atom. The summed E-state index contributed by atoms with van der Waals surface area (Å²) in [6, 6.07) is 8.59. The number of benzene rings is 1. The van der Waals surface area contributed by atoms with Crippen molar-refractivity contribution in [3.05, 3.63) is 54.7 Å².